The molecule has 6 heteroatoms. The molecule has 0 saturated carbocycles. The van der Waals surface area contributed by atoms with E-state index in [1.807, 2.05) is 6.92 Å². The lowest BCUT2D eigenvalue weighted by atomic mass is 9.93. The Bertz CT molecular complexity index is 325. The molecule has 0 atom stereocenters. The number of hydrogen-bond donors (Lipinski definition) is 1. The van der Waals surface area contributed by atoms with Gasteiger partial charge in [0, 0.05) is 19.1 Å². The van der Waals surface area contributed by atoms with Gasteiger partial charge < -0.3 is 10.1 Å². The molecule has 0 amide bonds. The number of aromatic nitrogens is 2. The number of halogens is 1. The number of nitrogens with zero attached hydrogens (tertiary/aromatic N) is 2. The van der Waals surface area contributed by atoms with Crippen molar-refractivity contribution in [3.63, 3.8) is 0 Å². The van der Waals surface area contributed by atoms with Crippen molar-refractivity contribution in [2.75, 3.05) is 24.4 Å². The molecule has 1 aromatic heterocycles. The quantitative estimate of drug-likeness (QED) is 0.831. The molecule has 0 spiro atoms. The third kappa shape index (κ3) is 2.59. The summed E-state index contributed by atoms with van der Waals surface area (Å²) >= 11 is 7.59. The van der Waals surface area contributed by atoms with Gasteiger partial charge in [-0.3, -0.25) is 0 Å². The smallest absolute Gasteiger partial charge is 0.206 e. The zero-order valence-corrected chi connectivity index (χ0v) is 10.2. The van der Waals surface area contributed by atoms with Crippen LogP contribution >= 0.6 is 22.9 Å². The molecule has 4 nitrogen and oxygen atoms in total. The van der Waals surface area contributed by atoms with Crippen LogP contribution in [0.5, 0.6) is 0 Å². The zero-order valence-electron chi connectivity index (χ0n) is 8.62. The van der Waals surface area contributed by atoms with E-state index in [9.17, 15) is 0 Å². The van der Waals surface area contributed by atoms with Gasteiger partial charge in [0.15, 0.2) is 0 Å². The third-order valence-electron chi connectivity index (χ3n) is 2.60. The second-order valence-electron chi connectivity index (χ2n) is 3.78. The minimum Gasteiger partial charge on any atom is -0.381 e. The van der Waals surface area contributed by atoms with Crippen molar-refractivity contribution in [3.8, 4) is 0 Å². The van der Waals surface area contributed by atoms with Gasteiger partial charge in [0.25, 0.3) is 0 Å². The summed E-state index contributed by atoms with van der Waals surface area (Å²) in [6, 6.07) is 0. The maximum absolute atomic E-state index is 6.03. The SMILES string of the molecule is Cc1nnc(NC2(CCl)CCOCC2)s1. The maximum Gasteiger partial charge on any atom is 0.206 e. The summed E-state index contributed by atoms with van der Waals surface area (Å²) < 4.78 is 5.34. The molecule has 15 heavy (non-hydrogen) atoms. The van der Waals surface area contributed by atoms with Crippen molar-refractivity contribution in [3.05, 3.63) is 5.01 Å². The van der Waals surface area contributed by atoms with E-state index in [0.717, 1.165) is 36.2 Å². The monoisotopic (exact) mass is 247 g/mol. The molecule has 0 radical (unpaired) electrons. The fraction of sp³-hybridized carbons (Fsp3) is 0.778. The lowest BCUT2D eigenvalue weighted by molar-refractivity contribution is 0.0667. The Morgan fingerprint density at radius 1 is 1.47 bits per heavy atom. The molecule has 1 fully saturated rings. The van der Waals surface area contributed by atoms with Gasteiger partial charge >= 0.3 is 0 Å². The Morgan fingerprint density at radius 3 is 2.73 bits per heavy atom. The summed E-state index contributed by atoms with van der Waals surface area (Å²) in [6.45, 7) is 3.47. The van der Waals surface area contributed by atoms with E-state index in [1.165, 1.54) is 0 Å². The van der Waals surface area contributed by atoms with Crippen LogP contribution in [0.2, 0.25) is 0 Å². The highest BCUT2D eigenvalue weighted by Gasteiger charge is 2.32. The Labute approximate surface area is 98.0 Å². The molecule has 84 valence electrons. The normalized spacial score (nSPS) is 20.1. The molecule has 0 aromatic carbocycles. The first kappa shape index (κ1) is 11.1. The lowest BCUT2D eigenvalue weighted by Gasteiger charge is -2.35. The molecule has 1 N–H and O–H groups in total. The van der Waals surface area contributed by atoms with E-state index in [4.69, 9.17) is 16.3 Å². The number of aryl methyl sites for hydroxylation is 1. The largest absolute Gasteiger partial charge is 0.381 e. The highest BCUT2D eigenvalue weighted by molar-refractivity contribution is 7.15. The second kappa shape index (κ2) is 4.63. The number of hydrogen-bond acceptors (Lipinski definition) is 5. The van der Waals surface area contributed by atoms with Crippen LogP contribution in [-0.4, -0.2) is 34.8 Å². The molecule has 1 saturated heterocycles. The summed E-state index contributed by atoms with van der Waals surface area (Å²) in [5.41, 5.74) is -0.0637. The molecule has 0 bridgehead atoms. The fourth-order valence-corrected chi connectivity index (χ4v) is 2.67. The van der Waals surface area contributed by atoms with Crippen molar-refractivity contribution >= 4 is 28.1 Å². The lowest BCUT2D eigenvalue weighted by Crippen LogP contribution is -2.45. The summed E-state index contributed by atoms with van der Waals surface area (Å²) in [7, 11) is 0. The molecular formula is C9H14ClN3OS. The van der Waals surface area contributed by atoms with Gasteiger partial charge in [-0.2, -0.15) is 0 Å². The average Bonchev–Trinajstić information content (AvgIpc) is 2.65. The molecule has 1 aliphatic heterocycles. The average molecular weight is 248 g/mol. The first-order chi connectivity index (χ1) is 7.24. The van der Waals surface area contributed by atoms with Crippen LogP contribution in [0.15, 0.2) is 0 Å². The van der Waals surface area contributed by atoms with Crippen LogP contribution in [0.1, 0.15) is 17.8 Å². The van der Waals surface area contributed by atoms with Gasteiger partial charge in [0.1, 0.15) is 5.01 Å². The highest BCUT2D eigenvalue weighted by Crippen LogP contribution is 2.28. The minimum absolute atomic E-state index is 0.0637. The molecule has 0 unspecified atom stereocenters. The molecule has 2 heterocycles. The topological polar surface area (TPSA) is 47.0 Å². The summed E-state index contributed by atoms with van der Waals surface area (Å²) in [6.07, 6.45) is 1.85. The van der Waals surface area contributed by atoms with E-state index in [2.05, 4.69) is 15.5 Å². The predicted octanol–water partition coefficient (Wildman–Crippen LogP) is 2.05. The second-order valence-corrected chi connectivity index (χ2v) is 5.23. The number of anilines is 1. The maximum atomic E-state index is 6.03. The van der Waals surface area contributed by atoms with Crippen LogP contribution < -0.4 is 5.32 Å². The molecule has 1 aliphatic rings. The Balaban J connectivity index is 2.06. The Hall–Kier alpha value is -0.390. The van der Waals surface area contributed by atoms with Crippen LogP contribution in [0, 0.1) is 6.92 Å². The third-order valence-corrected chi connectivity index (χ3v) is 3.87. The van der Waals surface area contributed by atoms with Crippen LogP contribution in [0.3, 0.4) is 0 Å². The van der Waals surface area contributed by atoms with Crippen molar-refractivity contribution in [1.82, 2.24) is 10.2 Å². The summed E-state index contributed by atoms with van der Waals surface area (Å²) in [4.78, 5) is 0. The van der Waals surface area contributed by atoms with Gasteiger partial charge in [-0.1, -0.05) is 11.3 Å². The number of nitrogens with one attached hydrogen (secondary N) is 1. The summed E-state index contributed by atoms with van der Waals surface area (Å²) in [5.74, 6) is 0.578. The molecular weight excluding hydrogens is 234 g/mol. The molecule has 2 rings (SSSR count). The molecule has 0 aliphatic carbocycles. The van der Waals surface area contributed by atoms with Crippen LogP contribution in [-0.2, 0) is 4.74 Å². The van der Waals surface area contributed by atoms with Gasteiger partial charge in [-0.05, 0) is 19.8 Å². The van der Waals surface area contributed by atoms with Gasteiger partial charge in [0.05, 0.1) is 5.54 Å². The Kier molecular flexibility index (Phi) is 3.43. The van der Waals surface area contributed by atoms with Crippen molar-refractivity contribution in [2.45, 2.75) is 25.3 Å². The first-order valence-electron chi connectivity index (χ1n) is 4.96. The number of ether oxygens (including phenoxy) is 1. The predicted molar refractivity (Wildman–Crippen MR) is 61.8 cm³/mol. The summed E-state index contributed by atoms with van der Waals surface area (Å²) in [5, 5.41) is 13.3. The van der Waals surface area contributed by atoms with E-state index < -0.39 is 0 Å². The Morgan fingerprint density at radius 2 is 2.20 bits per heavy atom. The van der Waals surface area contributed by atoms with Crippen molar-refractivity contribution < 1.29 is 4.74 Å². The molecule has 1 aromatic rings. The van der Waals surface area contributed by atoms with Gasteiger partial charge in [-0.15, -0.1) is 21.8 Å². The zero-order chi connectivity index (χ0) is 10.7. The van der Waals surface area contributed by atoms with E-state index in [-0.39, 0.29) is 5.54 Å². The fourth-order valence-electron chi connectivity index (χ4n) is 1.63. The standard InChI is InChI=1S/C9H14ClN3OS/c1-7-12-13-8(15-7)11-9(6-10)2-4-14-5-3-9/h2-6H2,1H3,(H,11,13). The number of rotatable bonds is 3. The number of alkyl halides is 1. The van der Waals surface area contributed by atoms with E-state index >= 15 is 0 Å². The van der Waals surface area contributed by atoms with Crippen LogP contribution in [0.4, 0.5) is 5.13 Å². The first-order valence-corrected chi connectivity index (χ1v) is 6.31. The van der Waals surface area contributed by atoms with Gasteiger partial charge in [-0.25, -0.2) is 0 Å². The van der Waals surface area contributed by atoms with E-state index in [1.54, 1.807) is 11.3 Å². The van der Waals surface area contributed by atoms with E-state index in [0.29, 0.717) is 5.88 Å². The van der Waals surface area contributed by atoms with Crippen molar-refractivity contribution in [2.24, 2.45) is 0 Å². The van der Waals surface area contributed by atoms with Gasteiger partial charge in [0.2, 0.25) is 5.13 Å². The van der Waals surface area contributed by atoms with Crippen molar-refractivity contribution in [1.29, 1.82) is 0 Å². The highest BCUT2D eigenvalue weighted by atomic mass is 35.5. The van der Waals surface area contributed by atoms with Crippen LogP contribution in [0.25, 0.3) is 0 Å². The minimum atomic E-state index is -0.0637.